The summed E-state index contributed by atoms with van der Waals surface area (Å²) < 4.78 is 39.5. The lowest BCUT2D eigenvalue weighted by atomic mass is 10.4. The molecule has 3 nitrogen and oxygen atoms in total. The molecule has 2 rings (SSSR count). The van der Waals surface area contributed by atoms with Gasteiger partial charge in [0.15, 0.2) is 0 Å². The molecule has 0 saturated heterocycles. The molecule has 0 aliphatic rings. The van der Waals surface area contributed by atoms with E-state index in [2.05, 4.69) is 41.8 Å². The van der Waals surface area contributed by atoms with Crippen molar-refractivity contribution in [3.63, 3.8) is 0 Å². The molecule has 0 saturated carbocycles. The number of halogens is 2. The van der Waals surface area contributed by atoms with Crippen LogP contribution in [-0.2, 0) is 0 Å². The highest BCUT2D eigenvalue weighted by Gasteiger charge is 2.02. The monoisotopic (exact) mass is 306 g/mol. The molecule has 5 heteroatoms. The molecule has 0 fully saturated rings. The summed E-state index contributed by atoms with van der Waals surface area (Å²) in [5.41, 5.74) is 0.0594. The lowest BCUT2D eigenvalue weighted by molar-refractivity contribution is 1.02. The van der Waals surface area contributed by atoms with E-state index in [9.17, 15) is 0 Å². The van der Waals surface area contributed by atoms with Crippen LogP contribution in [0.15, 0.2) is 39.9 Å². The SMILES string of the molecule is [2H]c1nc(Br)c(-n2c([2H])nc(Br)c2[2H])c([2H])c1[2H]. The second kappa shape index (κ2) is 3.59. The van der Waals surface area contributed by atoms with Crippen molar-refractivity contribution in [3.8, 4) is 5.69 Å². The summed E-state index contributed by atoms with van der Waals surface area (Å²) >= 11 is 6.11. The van der Waals surface area contributed by atoms with Crippen molar-refractivity contribution >= 4 is 31.9 Å². The first-order valence-electron chi connectivity index (χ1n) is 5.69. The molecule has 0 aliphatic heterocycles. The number of hydrogen-bond donors (Lipinski definition) is 0. The van der Waals surface area contributed by atoms with Gasteiger partial charge in [0.1, 0.15) is 16.9 Å². The molecular weight excluding hydrogens is 298 g/mol. The highest BCUT2D eigenvalue weighted by atomic mass is 79.9. The third kappa shape index (κ3) is 1.81. The van der Waals surface area contributed by atoms with Crippen molar-refractivity contribution in [2.24, 2.45) is 0 Å². The van der Waals surface area contributed by atoms with E-state index in [-0.39, 0.29) is 45.6 Å². The Morgan fingerprint density at radius 2 is 2.23 bits per heavy atom. The lowest BCUT2D eigenvalue weighted by Gasteiger charge is -2.02. The summed E-state index contributed by atoms with van der Waals surface area (Å²) in [6.45, 7) is 0. The van der Waals surface area contributed by atoms with Crippen molar-refractivity contribution in [2.45, 2.75) is 0 Å². The van der Waals surface area contributed by atoms with Crippen LogP contribution in [0, 0.1) is 0 Å². The standard InChI is InChI=1S/C8H5Br2N3/c9-7-4-13(5-12-7)6-2-1-3-11-8(6)10/h1-5H/i1D,2D,3D,4D,5D. The topological polar surface area (TPSA) is 30.7 Å². The van der Waals surface area contributed by atoms with Gasteiger partial charge in [-0.1, -0.05) is 0 Å². The van der Waals surface area contributed by atoms with Crippen LogP contribution < -0.4 is 0 Å². The first-order chi connectivity index (χ1) is 8.34. The van der Waals surface area contributed by atoms with E-state index in [0.717, 1.165) is 4.57 Å². The summed E-state index contributed by atoms with van der Waals surface area (Å²) in [6.07, 6.45) is -0.707. The molecule has 0 unspecified atom stereocenters. The Bertz CT molecular complexity index is 642. The fourth-order valence-electron chi connectivity index (χ4n) is 0.759. The fourth-order valence-corrected chi connectivity index (χ4v) is 1.38. The van der Waals surface area contributed by atoms with Crippen molar-refractivity contribution in [1.82, 2.24) is 14.5 Å². The van der Waals surface area contributed by atoms with Gasteiger partial charge in [-0.15, -0.1) is 0 Å². The van der Waals surface area contributed by atoms with Crippen LogP contribution in [0.1, 0.15) is 6.85 Å². The van der Waals surface area contributed by atoms with Gasteiger partial charge in [0.25, 0.3) is 0 Å². The van der Waals surface area contributed by atoms with E-state index >= 15 is 0 Å². The quantitative estimate of drug-likeness (QED) is 0.759. The lowest BCUT2D eigenvalue weighted by Crippen LogP contribution is -1.92. The van der Waals surface area contributed by atoms with E-state index in [1.807, 2.05) is 0 Å². The van der Waals surface area contributed by atoms with Gasteiger partial charge in [0.05, 0.1) is 11.2 Å². The van der Waals surface area contributed by atoms with Gasteiger partial charge in [0, 0.05) is 12.3 Å². The molecule has 0 spiro atoms. The Morgan fingerprint density at radius 3 is 2.92 bits per heavy atom. The normalized spacial score (nSPS) is 15.7. The van der Waals surface area contributed by atoms with Gasteiger partial charge in [-0.3, -0.25) is 0 Å². The third-order valence-electron chi connectivity index (χ3n) is 1.26. The molecule has 0 aromatic carbocycles. The van der Waals surface area contributed by atoms with Gasteiger partial charge >= 0.3 is 0 Å². The minimum Gasteiger partial charge on any atom is -0.302 e. The van der Waals surface area contributed by atoms with E-state index in [1.165, 1.54) is 0 Å². The first kappa shape index (κ1) is 4.70. The highest BCUT2D eigenvalue weighted by molar-refractivity contribution is 9.10. The third-order valence-corrected chi connectivity index (χ3v) is 2.17. The van der Waals surface area contributed by atoms with Crippen LogP contribution in [0.5, 0.6) is 0 Å². The maximum Gasteiger partial charge on any atom is 0.130 e. The smallest absolute Gasteiger partial charge is 0.130 e. The zero-order chi connectivity index (χ0) is 13.6. The Morgan fingerprint density at radius 1 is 1.38 bits per heavy atom. The molecule has 2 heterocycles. The minimum atomic E-state index is -0.364. The average Bonchev–Trinajstić information content (AvgIpc) is 2.53. The van der Waals surface area contributed by atoms with Crippen LogP contribution in [0.4, 0.5) is 0 Å². The summed E-state index contributed by atoms with van der Waals surface area (Å²) in [4.78, 5) is 7.49. The number of hydrogen-bond acceptors (Lipinski definition) is 2. The summed E-state index contributed by atoms with van der Waals surface area (Å²) in [6, 6.07) is -0.648. The average molecular weight is 308 g/mol. The van der Waals surface area contributed by atoms with Gasteiger partial charge in [0.2, 0.25) is 0 Å². The van der Waals surface area contributed by atoms with E-state index in [1.54, 1.807) is 0 Å². The van der Waals surface area contributed by atoms with Gasteiger partial charge in [-0.25, -0.2) is 9.97 Å². The number of nitrogens with zero attached hydrogens (tertiary/aromatic N) is 3. The van der Waals surface area contributed by atoms with Gasteiger partial charge in [-0.2, -0.15) is 0 Å². The van der Waals surface area contributed by atoms with Crippen LogP contribution in [0.3, 0.4) is 0 Å². The largest absolute Gasteiger partial charge is 0.302 e. The maximum absolute atomic E-state index is 7.81. The molecule has 0 bridgehead atoms. The number of pyridine rings is 1. The molecule has 0 aliphatic carbocycles. The molecule has 0 radical (unpaired) electrons. The van der Waals surface area contributed by atoms with Crippen molar-refractivity contribution in [3.05, 3.63) is 39.9 Å². The summed E-state index contributed by atoms with van der Waals surface area (Å²) in [5.74, 6) is 0. The maximum atomic E-state index is 7.81. The number of aromatic nitrogens is 3. The molecule has 66 valence electrons. The van der Waals surface area contributed by atoms with Crippen LogP contribution in [0.25, 0.3) is 5.69 Å². The predicted octanol–water partition coefficient (Wildman–Crippen LogP) is 2.79. The molecule has 0 N–H and O–H groups in total. The Balaban J connectivity index is 2.83. The van der Waals surface area contributed by atoms with Crippen molar-refractivity contribution < 1.29 is 6.85 Å². The Labute approximate surface area is 99.1 Å². The molecule has 0 amide bonds. The highest BCUT2D eigenvalue weighted by Crippen LogP contribution is 2.18. The molecule has 13 heavy (non-hydrogen) atoms. The second-order valence-electron chi connectivity index (χ2n) is 2.06. The fraction of sp³-hybridized carbons (Fsp3) is 0. The van der Waals surface area contributed by atoms with Gasteiger partial charge in [-0.05, 0) is 43.9 Å². The zero-order valence-electron chi connectivity index (χ0n) is 11.1. The predicted molar refractivity (Wildman–Crippen MR) is 56.8 cm³/mol. The Kier molecular flexibility index (Phi) is 1.30. The molecule has 2 aromatic heterocycles. The zero-order valence-corrected chi connectivity index (χ0v) is 9.27. The van der Waals surface area contributed by atoms with Crippen LogP contribution >= 0.6 is 31.9 Å². The van der Waals surface area contributed by atoms with Crippen molar-refractivity contribution in [1.29, 1.82) is 0 Å². The van der Waals surface area contributed by atoms with Crippen molar-refractivity contribution in [2.75, 3.05) is 0 Å². The van der Waals surface area contributed by atoms with Crippen LogP contribution in [-0.4, -0.2) is 14.5 Å². The Hall–Kier alpha value is -0.680. The van der Waals surface area contributed by atoms with E-state index < -0.39 is 0 Å². The molecule has 2 aromatic rings. The molecule has 0 atom stereocenters. The van der Waals surface area contributed by atoms with E-state index in [0.29, 0.717) is 0 Å². The number of rotatable bonds is 1. The first-order valence-corrected chi connectivity index (χ1v) is 4.78. The summed E-state index contributed by atoms with van der Waals surface area (Å²) in [7, 11) is 0. The van der Waals surface area contributed by atoms with Gasteiger partial charge < -0.3 is 4.57 Å². The second-order valence-corrected chi connectivity index (χ2v) is 3.57. The van der Waals surface area contributed by atoms with E-state index in [4.69, 9.17) is 6.85 Å². The molecular formula is C8H5Br2N3. The van der Waals surface area contributed by atoms with Crippen LogP contribution in [0.2, 0.25) is 0 Å². The number of imidazole rings is 1. The minimum absolute atomic E-state index is 0.0594. The summed E-state index contributed by atoms with van der Waals surface area (Å²) in [5, 5.41) is 0.